The summed E-state index contributed by atoms with van der Waals surface area (Å²) in [6.45, 7) is -0.771. The fraction of sp³-hybridized carbons (Fsp3) is 1.00. The minimum Gasteiger partial charge on any atom is -0.326 e. The third kappa shape index (κ3) is 3.37. The van der Waals surface area contributed by atoms with Gasteiger partial charge in [-0.2, -0.15) is 21.6 Å². The molecule has 0 aromatic carbocycles. The van der Waals surface area contributed by atoms with E-state index in [0.717, 1.165) is 64.2 Å². The van der Waals surface area contributed by atoms with E-state index in [1.807, 2.05) is 0 Å². The predicted molar refractivity (Wildman–Crippen MR) is 89.4 cm³/mol. The Morgan fingerprint density at radius 3 is 1.44 bits per heavy atom. The summed E-state index contributed by atoms with van der Waals surface area (Å²) in [7, 11) is -5.53. The first-order valence-electron chi connectivity index (χ1n) is 9.74. The van der Waals surface area contributed by atoms with Gasteiger partial charge in [-0.05, 0) is 35.3 Å². The summed E-state index contributed by atoms with van der Waals surface area (Å²) in [6.07, 6.45) is 10.3. The minimum atomic E-state index is -5.53. The number of halogens is 3. The van der Waals surface area contributed by atoms with Gasteiger partial charge in [-0.15, -0.1) is 0 Å². The van der Waals surface area contributed by atoms with Gasteiger partial charge < -0.3 is 4.10 Å². The summed E-state index contributed by atoms with van der Waals surface area (Å²) < 4.78 is 67.6. The van der Waals surface area contributed by atoms with Crippen LogP contribution in [-0.2, 0) is 14.2 Å². The number of fused-ring (bicyclic) bond motifs is 6. The van der Waals surface area contributed by atoms with E-state index in [0.29, 0.717) is 23.7 Å². The topological polar surface area (TPSA) is 43.4 Å². The van der Waals surface area contributed by atoms with E-state index in [2.05, 4.69) is 0 Å². The van der Waals surface area contributed by atoms with Crippen molar-refractivity contribution in [1.82, 2.24) is 0 Å². The Labute approximate surface area is 148 Å². The molecule has 0 heterocycles. The number of rotatable bonds is 4. The van der Waals surface area contributed by atoms with Crippen LogP contribution in [0.5, 0.6) is 0 Å². The zero-order valence-corrected chi connectivity index (χ0v) is 15.2. The van der Waals surface area contributed by atoms with Gasteiger partial charge >= 0.3 is 22.5 Å². The molecule has 6 rings (SSSR count). The van der Waals surface area contributed by atoms with Crippen molar-refractivity contribution in [3.05, 3.63) is 0 Å². The molecule has 25 heavy (non-hydrogen) atoms. The average Bonchev–Trinajstić information content (AvgIpc) is 2.60. The molecule has 4 bridgehead atoms. The maximum atomic E-state index is 13.0. The Balaban J connectivity index is 1.61. The molecule has 0 aromatic heterocycles. The zero-order chi connectivity index (χ0) is 17.8. The summed E-state index contributed by atoms with van der Waals surface area (Å²) in [5.74, 6) is 1.70. The van der Waals surface area contributed by atoms with Crippen molar-refractivity contribution in [2.75, 3.05) is 0 Å². The highest BCUT2D eigenvalue weighted by atomic mass is 32.2. The highest BCUT2D eigenvalue weighted by Gasteiger charge is 2.56. The first-order valence-corrected chi connectivity index (χ1v) is 11.1. The molecule has 0 N–H and O–H groups in total. The molecule has 0 aliphatic heterocycles. The highest BCUT2D eigenvalue weighted by Crippen LogP contribution is 2.57. The van der Waals surface area contributed by atoms with Crippen molar-refractivity contribution >= 4 is 17.0 Å². The van der Waals surface area contributed by atoms with Crippen LogP contribution in [0.25, 0.3) is 0 Å². The molecular weight excluding hydrogens is 352 g/mol. The second-order valence-electron chi connectivity index (χ2n) is 8.82. The lowest BCUT2D eigenvalue weighted by atomic mass is 9.34. The van der Waals surface area contributed by atoms with Crippen LogP contribution in [0.1, 0.15) is 64.2 Å². The second-order valence-corrected chi connectivity index (χ2v) is 10.4. The zero-order valence-electron chi connectivity index (χ0n) is 14.4. The normalized spacial score (nSPS) is 41.1. The van der Waals surface area contributed by atoms with E-state index in [4.69, 9.17) is 4.10 Å². The molecular formula is C17H26BF3O3S. The largest absolute Gasteiger partial charge is 0.521 e. The van der Waals surface area contributed by atoms with E-state index in [1.54, 1.807) is 0 Å². The van der Waals surface area contributed by atoms with E-state index in [-0.39, 0.29) is 11.6 Å². The first-order chi connectivity index (χ1) is 11.7. The van der Waals surface area contributed by atoms with Gasteiger partial charge in [0.1, 0.15) is 0 Å². The van der Waals surface area contributed by atoms with Crippen molar-refractivity contribution in [2.45, 2.75) is 81.4 Å². The monoisotopic (exact) mass is 378 g/mol. The summed E-state index contributed by atoms with van der Waals surface area (Å²) in [6, 6.07) is 0. The molecule has 6 aliphatic rings. The fourth-order valence-corrected chi connectivity index (χ4v) is 7.01. The van der Waals surface area contributed by atoms with E-state index in [9.17, 15) is 21.6 Å². The number of alkyl halides is 3. The Morgan fingerprint density at radius 2 is 1.16 bits per heavy atom. The van der Waals surface area contributed by atoms with Crippen LogP contribution in [-0.4, -0.2) is 20.8 Å². The highest BCUT2D eigenvalue weighted by molar-refractivity contribution is 7.88. The van der Waals surface area contributed by atoms with Gasteiger partial charge in [0.15, 0.2) is 0 Å². The molecule has 0 amide bonds. The summed E-state index contributed by atoms with van der Waals surface area (Å²) >= 11 is 0. The molecule has 0 aromatic rings. The van der Waals surface area contributed by atoms with Crippen molar-refractivity contribution < 1.29 is 25.7 Å². The Bertz CT molecular complexity index is 563. The van der Waals surface area contributed by atoms with Gasteiger partial charge in [0.25, 0.3) is 0 Å². The maximum absolute atomic E-state index is 13.0. The van der Waals surface area contributed by atoms with Gasteiger partial charge in [0.2, 0.25) is 0 Å². The molecule has 3 nitrogen and oxygen atoms in total. The summed E-state index contributed by atoms with van der Waals surface area (Å²) in [5.41, 5.74) is -5.33. The fourth-order valence-electron chi connectivity index (χ4n) is 6.32. The van der Waals surface area contributed by atoms with Gasteiger partial charge in [-0.25, -0.2) is 0 Å². The summed E-state index contributed by atoms with van der Waals surface area (Å²) in [5, 5.41) is 0. The lowest BCUT2D eigenvalue weighted by molar-refractivity contribution is -0.0505. The smallest absolute Gasteiger partial charge is 0.326 e. The van der Waals surface area contributed by atoms with E-state index in [1.165, 1.54) is 0 Å². The van der Waals surface area contributed by atoms with Crippen LogP contribution in [0.3, 0.4) is 0 Å². The molecule has 0 saturated heterocycles. The molecule has 6 aliphatic carbocycles. The van der Waals surface area contributed by atoms with Gasteiger partial charge in [0.05, 0.1) is 0 Å². The van der Waals surface area contributed by atoms with Gasteiger partial charge in [0, 0.05) is 0 Å². The van der Waals surface area contributed by atoms with Crippen LogP contribution in [0.2, 0.25) is 11.6 Å². The van der Waals surface area contributed by atoms with Crippen molar-refractivity contribution in [3.63, 3.8) is 0 Å². The third-order valence-electron chi connectivity index (χ3n) is 7.57. The van der Waals surface area contributed by atoms with E-state index < -0.39 is 22.5 Å². The van der Waals surface area contributed by atoms with Crippen LogP contribution < -0.4 is 0 Å². The standard InChI is InChI=1S/C17H26BF3O3S/c19-17(20,21)25(22,23)24-18(15-9-11-1-5-13(15)6-2-11)16-10-12-3-7-14(16)8-4-12/h11-16H,1-10H2/t11?,12?,13?,14?,15-,16-/m1/s1. The number of hydrogen-bond donors (Lipinski definition) is 0. The van der Waals surface area contributed by atoms with Crippen molar-refractivity contribution in [1.29, 1.82) is 0 Å². The average molecular weight is 378 g/mol. The lowest BCUT2D eigenvalue weighted by Crippen LogP contribution is -2.48. The Hall–Kier alpha value is -0.235. The second kappa shape index (κ2) is 6.43. The Kier molecular flexibility index (Phi) is 4.67. The SMILES string of the molecule is O=S(=O)(OB([C@@H]1CC2CCC1CC2)[C@@H]1CC2CCC1CC2)C(F)(F)F. The van der Waals surface area contributed by atoms with E-state index >= 15 is 0 Å². The first kappa shape index (κ1) is 18.1. The molecule has 6 saturated carbocycles. The molecule has 0 spiro atoms. The molecule has 6 fully saturated rings. The van der Waals surface area contributed by atoms with Crippen LogP contribution in [0.15, 0.2) is 0 Å². The Morgan fingerprint density at radius 1 is 0.760 bits per heavy atom. The predicted octanol–water partition coefficient (Wildman–Crippen LogP) is 5.00. The van der Waals surface area contributed by atoms with Gasteiger partial charge in [-0.3, -0.25) is 0 Å². The van der Waals surface area contributed by atoms with Gasteiger partial charge in [-0.1, -0.05) is 64.2 Å². The molecule has 2 atom stereocenters. The molecule has 8 heteroatoms. The van der Waals surface area contributed by atoms with Crippen LogP contribution in [0, 0.1) is 23.7 Å². The number of hydrogen-bond acceptors (Lipinski definition) is 3. The van der Waals surface area contributed by atoms with Crippen molar-refractivity contribution in [3.8, 4) is 0 Å². The molecule has 142 valence electrons. The quantitative estimate of drug-likeness (QED) is 0.511. The summed E-state index contributed by atoms with van der Waals surface area (Å²) in [4.78, 5) is 0. The molecule has 0 unspecified atom stereocenters. The molecule has 0 radical (unpaired) electrons. The van der Waals surface area contributed by atoms with Crippen LogP contribution >= 0.6 is 0 Å². The van der Waals surface area contributed by atoms with Crippen LogP contribution in [0.4, 0.5) is 13.2 Å². The lowest BCUT2D eigenvalue weighted by Gasteiger charge is -2.50. The minimum absolute atomic E-state index is 0.0195. The maximum Gasteiger partial charge on any atom is 0.521 e. The third-order valence-corrected chi connectivity index (χ3v) is 8.61. The van der Waals surface area contributed by atoms with Crippen molar-refractivity contribution in [2.24, 2.45) is 23.7 Å².